The highest BCUT2D eigenvalue weighted by Gasteiger charge is 2.34. The molecule has 6 nitrogen and oxygen atoms in total. The standard InChI is InChI=1S/C19H16F2N2O4/c20-14-4-2-1-3-11(14)9-26-12-7-23(8-12)19(25)13-5-16-17(6-15(13)21)27-10-18(24)22-16/h1-6,12H,7-10H2,(H,22,24). The second-order valence-corrected chi connectivity index (χ2v) is 6.40. The van der Waals surface area contributed by atoms with Crippen molar-refractivity contribution < 1.29 is 27.8 Å². The van der Waals surface area contributed by atoms with E-state index < -0.39 is 11.7 Å². The van der Waals surface area contributed by atoms with Gasteiger partial charge in [0, 0.05) is 24.7 Å². The number of likely N-dealkylation sites (tertiary alicyclic amines) is 1. The summed E-state index contributed by atoms with van der Waals surface area (Å²) in [5, 5.41) is 2.55. The summed E-state index contributed by atoms with van der Waals surface area (Å²) in [6.45, 7) is 0.488. The van der Waals surface area contributed by atoms with E-state index in [1.807, 2.05) is 0 Å². The summed E-state index contributed by atoms with van der Waals surface area (Å²) >= 11 is 0. The number of benzene rings is 2. The predicted molar refractivity (Wildman–Crippen MR) is 91.4 cm³/mol. The van der Waals surface area contributed by atoms with Crippen molar-refractivity contribution in [2.45, 2.75) is 12.7 Å². The molecule has 27 heavy (non-hydrogen) atoms. The highest BCUT2D eigenvalue weighted by atomic mass is 19.1. The van der Waals surface area contributed by atoms with Crippen molar-refractivity contribution in [3.05, 3.63) is 59.2 Å². The molecule has 0 aromatic heterocycles. The predicted octanol–water partition coefficient (Wildman–Crippen LogP) is 2.34. The minimum absolute atomic E-state index is 0.107. The van der Waals surface area contributed by atoms with Gasteiger partial charge in [-0.05, 0) is 12.1 Å². The average Bonchev–Trinajstić information content (AvgIpc) is 2.61. The summed E-state index contributed by atoms with van der Waals surface area (Å²) in [6.07, 6.45) is -0.239. The molecule has 2 aliphatic heterocycles. The lowest BCUT2D eigenvalue weighted by Gasteiger charge is -2.39. The maximum atomic E-state index is 14.2. The molecule has 0 saturated carbocycles. The Kier molecular flexibility index (Phi) is 4.49. The van der Waals surface area contributed by atoms with Crippen molar-refractivity contribution in [1.29, 1.82) is 0 Å². The second-order valence-electron chi connectivity index (χ2n) is 6.40. The van der Waals surface area contributed by atoms with Crippen molar-refractivity contribution in [2.75, 3.05) is 25.0 Å². The molecule has 2 aromatic carbocycles. The highest BCUT2D eigenvalue weighted by molar-refractivity contribution is 6.00. The van der Waals surface area contributed by atoms with Crippen molar-refractivity contribution >= 4 is 17.5 Å². The number of hydrogen-bond donors (Lipinski definition) is 1. The number of ether oxygens (including phenoxy) is 2. The fourth-order valence-electron chi connectivity index (χ4n) is 2.97. The van der Waals surface area contributed by atoms with Gasteiger partial charge in [-0.25, -0.2) is 8.78 Å². The van der Waals surface area contributed by atoms with Crippen LogP contribution in [0, 0.1) is 11.6 Å². The van der Waals surface area contributed by atoms with Crippen LogP contribution in [0.5, 0.6) is 5.75 Å². The fourth-order valence-corrected chi connectivity index (χ4v) is 2.97. The zero-order valence-electron chi connectivity index (χ0n) is 14.2. The second kappa shape index (κ2) is 6.96. The first-order valence-corrected chi connectivity index (χ1v) is 8.42. The molecule has 4 rings (SSSR count). The number of fused-ring (bicyclic) bond motifs is 1. The third-order valence-electron chi connectivity index (χ3n) is 4.50. The zero-order valence-corrected chi connectivity index (χ0v) is 14.2. The summed E-state index contributed by atoms with van der Waals surface area (Å²) in [5.74, 6) is -1.73. The Morgan fingerprint density at radius 2 is 2.00 bits per heavy atom. The lowest BCUT2D eigenvalue weighted by Crippen LogP contribution is -2.54. The minimum atomic E-state index is -0.717. The van der Waals surface area contributed by atoms with Crippen LogP contribution in [0.3, 0.4) is 0 Å². The van der Waals surface area contributed by atoms with Gasteiger partial charge in [0.2, 0.25) is 0 Å². The molecule has 0 aliphatic carbocycles. The third kappa shape index (κ3) is 3.48. The normalized spacial score (nSPS) is 16.2. The van der Waals surface area contributed by atoms with Gasteiger partial charge >= 0.3 is 0 Å². The van der Waals surface area contributed by atoms with Gasteiger partial charge in [-0.1, -0.05) is 18.2 Å². The van der Waals surface area contributed by atoms with Gasteiger partial charge in [-0.2, -0.15) is 0 Å². The first-order valence-electron chi connectivity index (χ1n) is 8.42. The summed E-state index contributed by atoms with van der Waals surface area (Å²) in [6, 6.07) is 8.68. The third-order valence-corrected chi connectivity index (χ3v) is 4.50. The van der Waals surface area contributed by atoms with Gasteiger partial charge < -0.3 is 19.7 Å². The largest absolute Gasteiger partial charge is 0.481 e. The Bertz CT molecular complexity index is 913. The van der Waals surface area contributed by atoms with Gasteiger partial charge in [0.15, 0.2) is 6.61 Å². The summed E-state index contributed by atoms with van der Waals surface area (Å²) in [5.41, 5.74) is 0.565. The molecule has 2 aliphatic rings. The SMILES string of the molecule is O=C1COc2cc(F)c(C(=O)N3CC(OCc4ccccc4F)C3)cc2N1. The van der Waals surface area contributed by atoms with Crippen LogP contribution in [-0.2, 0) is 16.1 Å². The van der Waals surface area contributed by atoms with E-state index in [1.54, 1.807) is 18.2 Å². The molecule has 140 valence electrons. The van der Waals surface area contributed by atoms with E-state index in [1.165, 1.54) is 17.0 Å². The highest BCUT2D eigenvalue weighted by Crippen LogP contribution is 2.31. The van der Waals surface area contributed by atoms with Crippen LogP contribution in [0.4, 0.5) is 14.5 Å². The van der Waals surface area contributed by atoms with Crippen LogP contribution in [0.2, 0.25) is 0 Å². The molecule has 2 amide bonds. The van der Waals surface area contributed by atoms with Crippen LogP contribution in [-0.4, -0.2) is 42.5 Å². The van der Waals surface area contributed by atoms with Gasteiger partial charge in [-0.15, -0.1) is 0 Å². The molecule has 2 aromatic rings. The maximum Gasteiger partial charge on any atom is 0.262 e. The van der Waals surface area contributed by atoms with Gasteiger partial charge in [0.05, 0.1) is 24.0 Å². The Labute approximate surface area is 153 Å². The smallest absolute Gasteiger partial charge is 0.262 e. The Balaban J connectivity index is 1.37. The molecule has 2 heterocycles. The first kappa shape index (κ1) is 17.4. The van der Waals surface area contributed by atoms with Crippen LogP contribution in [0.1, 0.15) is 15.9 Å². The molecular formula is C19H16F2N2O4. The van der Waals surface area contributed by atoms with E-state index in [4.69, 9.17) is 9.47 Å². The van der Waals surface area contributed by atoms with Crippen LogP contribution in [0.15, 0.2) is 36.4 Å². The number of anilines is 1. The first-order chi connectivity index (χ1) is 13.0. The number of halogens is 2. The molecular weight excluding hydrogens is 358 g/mol. The van der Waals surface area contributed by atoms with Gasteiger partial charge in [0.25, 0.3) is 11.8 Å². The van der Waals surface area contributed by atoms with E-state index in [0.717, 1.165) is 6.07 Å². The number of nitrogens with one attached hydrogen (secondary N) is 1. The van der Waals surface area contributed by atoms with Crippen molar-refractivity contribution in [3.8, 4) is 5.75 Å². The zero-order chi connectivity index (χ0) is 19.0. The van der Waals surface area contributed by atoms with Crippen LogP contribution >= 0.6 is 0 Å². The molecule has 0 radical (unpaired) electrons. The number of nitrogens with zero attached hydrogens (tertiary/aromatic N) is 1. The molecule has 1 fully saturated rings. The van der Waals surface area contributed by atoms with Crippen molar-refractivity contribution in [3.63, 3.8) is 0 Å². The maximum absolute atomic E-state index is 14.2. The number of hydrogen-bond acceptors (Lipinski definition) is 4. The molecule has 1 saturated heterocycles. The van der Waals surface area contributed by atoms with Crippen LogP contribution in [0.25, 0.3) is 0 Å². The van der Waals surface area contributed by atoms with E-state index in [0.29, 0.717) is 5.56 Å². The number of amides is 2. The average molecular weight is 374 g/mol. The molecule has 0 bridgehead atoms. The van der Waals surface area contributed by atoms with Crippen LogP contribution < -0.4 is 10.1 Å². The van der Waals surface area contributed by atoms with E-state index >= 15 is 0 Å². The quantitative estimate of drug-likeness (QED) is 0.892. The lowest BCUT2D eigenvalue weighted by atomic mass is 10.1. The van der Waals surface area contributed by atoms with Crippen molar-refractivity contribution in [2.24, 2.45) is 0 Å². The summed E-state index contributed by atoms with van der Waals surface area (Å²) in [7, 11) is 0. The number of carbonyl (C=O) groups is 2. The van der Waals surface area contributed by atoms with Crippen molar-refractivity contribution in [1.82, 2.24) is 4.90 Å². The minimum Gasteiger partial charge on any atom is -0.481 e. The molecule has 0 spiro atoms. The fraction of sp³-hybridized carbons (Fsp3) is 0.263. The van der Waals surface area contributed by atoms with E-state index in [2.05, 4.69) is 5.32 Å². The van der Waals surface area contributed by atoms with E-state index in [-0.39, 0.29) is 61.1 Å². The van der Waals surface area contributed by atoms with E-state index in [9.17, 15) is 18.4 Å². The molecule has 0 unspecified atom stereocenters. The Morgan fingerprint density at radius 1 is 1.22 bits per heavy atom. The van der Waals surface area contributed by atoms with Gasteiger partial charge in [-0.3, -0.25) is 9.59 Å². The summed E-state index contributed by atoms with van der Waals surface area (Å²) < 4.78 is 38.5. The monoisotopic (exact) mass is 374 g/mol. The summed E-state index contributed by atoms with van der Waals surface area (Å²) in [4.78, 5) is 25.3. The van der Waals surface area contributed by atoms with Gasteiger partial charge in [0.1, 0.15) is 17.4 Å². The molecule has 8 heteroatoms. The molecule has 0 atom stereocenters. The lowest BCUT2D eigenvalue weighted by molar-refractivity contribution is -0.118. The Morgan fingerprint density at radius 3 is 2.78 bits per heavy atom. The molecule has 1 N–H and O–H groups in total. The number of carbonyl (C=O) groups excluding carboxylic acids is 2. The number of rotatable bonds is 4. The Hall–Kier alpha value is -3.00. The topological polar surface area (TPSA) is 67.9 Å².